The molecule has 11 heteroatoms. The van der Waals surface area contributed by atoms with Crippen LogP contribution in [-0.4, -0.2) is 63.7 Å². The summed E-state index contributed by atoms with van der Waals surface area (Å²) in [6.45, 7) is 8.40. The number of para-hydroxylation sites is 2. The first kappa shape index (κ1) is 45.0. The standard InChI is InChI=1S/C15H10N3.C15H11N2.C5H12O2.C5H10O2.2Ir/c1-3-7-12(8-4-1)14-16-11-17-15(18-14)13-9-5-2-6-10-13;1-11-15(12-7-3-2-4-8-12)17-14-10-6-5-9-13(14)16-11;2*1-4(6)3-5(2)7;;/h1-9,11H;2-7,9-10H,1H3;4-7H,3H2,1-2H3;3-4,6-7H,1-2H3;;/q2*-1;;;;. The molecule has 0 saturated carbocycles. The molecule has 2 heterocycles. The number of aromatic nitrogens is 5. The number of hydrogen-bond acceptors (Lipinski definition) is 9. The fourth-order valence-corrected chi connectivity index (χ4v) is 4.41. The van der Waals surface area contributed by atoms with E-state index in [9.17, 15) is 0 Å². The third-order valence-corrected chi connectivity index (χ3v) is 6.43. The van der Waals surface area contributed by atoms with Crippen LogP contribution in [0.2, 0.25) is 0 Å². The van der Waals surface area contributed by atoms with E-state index in [1.54, 1.807) is 20.8 Å². The minimum Gasteiger partial charge on any atom is -0.513 e. The smallest absolute Gasteiger partial charge is 0.153 e. The second-order valence-electron chi connectivity index (χ2n) is 11.2. The summed E-state index contributed by atoms with van der Waals surface area (Å²) in [6.07, 6.45) is 2.08. The second-order valence-corrected chi connectivity index (χ2v) is 11.2. The quantitative estimate of drug-likeness (QED) is 0.0993. The number of rotatable bonds is 6. The van der Waals surface area contributed by atoms with Gasteiger partial charge in [0.2, 0.25) is 0 Å². The summed E-state index contributed by atoms with van der Waals surface area (Å²) in [6, 6.07) is 39.6. The zero-order chi connectivity index (χ0) is 35.6. The number of benzene rings is 4. The largest absolute Gasteiger partial charge is 0.513 e. The van der Waals surface area contributed by atoms with Crippen molar-refractivity contribution in [2.75, 3.05) is 0 Å². The van der Waals surface area contributed by atoms with Crippen molar-refractivity contribution in [2.24, 2.45) is 0 Å². The van der Waals surface area contributed by atoms with Crippen LogP contribution >= 0.6 is 0 Å². The van der Waals surface area contributed by atoms with Gasteiger partial charge in [-0.25, -0.2) is 4.98 Å². The average molecular weight is 1040 g/mol. The third kappa shape index (κ3) is 16.7. The maximum Gasteiger partial charge on any atom is 0.153 e. The van der Waals surface area contributed by atoms with Gasteiger partial charge in [0, 0.05) is 57.2 Å². The van der Waals surface area contributed by atoms with Crippen LogP contribution < -0.4 is 0 Å². The Balaban J connectivity index is 0.000000367. The summed E-state index contributed by atoms with van der Waals surface area (Å²) in [5.41, 5.74) is 6.54. The molecule has 3 unspecified atom stereocenters. The summed E-state index contributed by atoms with van der Waals surface area (Å²) in [7, 11) is 0. The molecule has 0 saturated heterocycles. The third-order valence-electron chi connectivity index (χ3n) is 6.43. The van der Waals surface area contributed by atoms with Crippen LogP contribution in [0.4, 0.5) is 0 Å². The molecular weight excluding hydrogens is 999 g/mol. The Labute approximate surface area is 327 Å². The van der Waals surface area contributed by atoms with Crippen molar-refractivity contribution < 1.29 is 60.6 Å². The number of aryl methyl sites for hydroxylation is 1. The van der Waals surface area contributed by atoms with E-state index in [2.05, 4.69) is 37.1 Å². The molecule has 0 bridgehead atoms. The Bertz CT molecular complexity index is 1800. The van der Waals surface area contributed by atoms with Crippen LogP contribution in [0, 0.1) is 19.1 Å². The van der Waals surface area contributed by atoms with Gasteiger partial charge >= 0.3 is 0 Å². The Morgan fingerprint density at radius 1 is 0.667 bits per heavy atom. The first-order valence-corrected chi connectivity index (χ1v) is 15.9. The summed E-state index contributed by atoms with van der Waals surface area (Å²) in [5, 5.41) is 34.0. The topological polar surface area (TPSA) is 145 Å². The van der Waals surface area contributed by atoms with E-state index in [1.165, 1.54) is 19.3 Å². The molecule has 4 N–H and O–H groups in total. The molecular formula is C40H43Ir2N5O4-2. The number of aliphatic hydroxyl groups is 4. The second kappa shape index (κ2) is 24.2. The average Bonchev–Trinajstić information content (AvgIpc) is 3.09. The Morgan fingerprint density at radius 2 is 1.18 bits per heavy atom. The zero-order valence-electron chi connectivity index (χ0n) is 29.1. The van der Waals surface area contributed by atoms with Gasteiger partial charge in [-0.2, -0.15) is 0 Å². The van der Waals surface area contributed by atoms with E-state index in [-0.39, 0.29) is 58.2 Å². The van der Waals surface area contributed by atoms with Crippen LogP contribution in [0.15, 0.2) is 121 Å². The zero-order valence-corrected chi connectivity index (χ0v) is 33.9. The number of aliphatic hydroxyl groups excluding tert-OH is 4. The summed E-state index contributed by atoms with van der Waals surface area (Å²) < 4.78 is 0. The molecule has 2 aromatic heterocycles. The van der Waals surface area contributed by atoms with Crippen LogP contribution in [0.3, 0.4) is 0 Å². The predicted octanol–water partition coefficient (Wildman–Crippen LogP) is 7.37. The summed E-state index contributed by atoms with van der Waals surface area (Å²) in [4.78, 5) is 22.1. The SMILES string of the molecule is CC(O)=CC(C)O.CC(O)CC(C)O.Cc1nc2ccccc2nc1-c1[c-]cccc1.[Ir].[Ir].[c-]1ccccc1-c1ncnc(-c2ccccc2)n1. The normalized spacial score (nSPS) is 12.0. The van der Waals surface area contributed by atoms with Gasteiger partial charge in [-0.3, -0.25) is 19.9 Å². The first-order chi connectivity index (χ1) is 23.5. The van der Waals surface area contributed by atoms with Crippen molar-refractivity contribution in [2.45, 2.75) is 59.4 Å². The summed E-state index contributed by atoms with van der Waals surface area (Å²) >= 11 is 0. The molecule has 0 fully saturated rings. The fourth-order valence-electron chi connectivity index (χ4n) is 4.41. The van der Waals surface area contributed by atoms with E-state index in [0.717, 1.165) is 39.1 Å². The van der Waals surface area contributed by atoms with Crippen molar-refractivity contribution in [3.63, 3.8) is 0 Å². The molecule has 9 nitrogen and oxygen atoms in total. The van der Waals surface area contributed by atoms with E-state index in [1.807, 2.05) is 110 Å². The maximum atomic E-state index is 8.56. The van der Waals surface area contributed by atoms with Crippen LogP contribution in [0.1, 0.15) is 39.8 Å². The molecule has 3 atom stereocenters. The summed E-state index contributed by atoms with van der Waals surface area (Å²) in [5.74, 6) is 1.48. The van der Waals surface area contributed by atoms with E-state index < -0.39 is 6.10 Å². The van der Waals surface area contributed by atoms with Gasteiger partial charge in [0.25, 0.3) is 0 Å². The predicted molar refractivity (Wildman–Crippen MR) is 194 cm³/mol. The van der Waals surface area contributed by atoms with Crippen molar-refractivity contribution in [3.8, 4) is 34.0 Å². The molecule has 6 aromatic rings. The van der Waals surface area contributed by atoms with Crippen molar-refractivity contribution in [1.29, 1.82) is 0 Å². The van der Waals surface area contributed by atoms with Gasteiger partial charge in [-0.1, -0.05) is 42.5 Å². The van der Waals surface area contributed by atoms with E-state index >= 15 is 0 Å². The van der Waals surface area contributed by atoms with Crippen molar-refractivity contribution in [3.05, 3.63) is 139 Å². The monoisotopic (exact) mass is 1040 g/mol. The molecule has 6 rings (SSSR count). The van der Waals surface area contributed by atoms with E-state index in [4.69, 9.17) is 20.4 Å². The van der Waals surface area contributed by atoms with Crippen molar-refractivity contribution >= 4 is 11.0 Å². The number of allylic oxidation sites excluding steroid dienone is 1. The molecule has 2 radical (unpaired) electrons. The number of hydrogen-bond donors (Lipinski definition) is 4. The Kier molecular flexibility index (Phi) is 21.3. The molecule has 51 heavy (non-hydrogen) atoms. The van der Waals surface area contributed by atoms with E-state index in [0.29, 0.717) is 18.1 Å². The maximum absolute atomic E-state index is 8.56. The number of nitrogens with zero attached hydrogens (tertiary/aromatic N) is 5. The van der Waals surface area contributed by atoms with Gasteiger partial charge in [-0.05, 0) is 59.2 Å². The van der Waals surface area contributed by atoms with Gasteiger partial charge in [0.05, 0.1) is 40.9 Å². The Morgan fingerprint density at radius 3 is 1.65 bits per heavy atom. The van der Waals surface area contributed by atoms with Crippen LogP contribution in [-0.2, 0) is 40.2 Å². The molecule has 0 amide bonds. The Hall–Kier alpha value is -4.05. The molecule has 0 aliphatic heterocycles. The fraction of sp³-hybridized carbons (Fsp3) is 0.225. The minimum absolute atomic E-state index is 0. The van der Waals surface area contributed by atoms with Gasteiger partial charge in [0.15, 0.2) is 5.82 Å². The molecule has 4 aromatic carbocycles. The van der Waals surface area contributed by atoms with Gasteiger partial charge < -0.3 is 20.4 Å². The first-order valence-electron chi connectivity index (χ1n) is 15.9. The molecule has 0 spiro atoms. The number of fused-ring (bicyclic) bond motifs is 1. The molecule has 0 aliphatic rings. The van der Waals surface area contributed by atoms with Gasteiger partial charge in [0.1, 0.15) is 6.33 Å². The van der Waals surface area contributed by atoms with Crippen LogP contribution in [0.5, 0.6) is 0 Å². The molecule has 272 valence electrons. The van der Waals surface area contributed by atoms with Crippen LogP contribution in [0.25, 0.3) is 45.1 Å². The molecule has 0 aliphatic carbocycles. The van der Waals surface area contributed by atoms with Gasteiger partial charge in [-0.15, -0.1) is 71.8 Å². The van der Waals surface area contributed by atoms with Crippen molar-refractivity contribution in [1.82, 2.24) is 24.9 Å². The minimum atomic E-state index is -0.537.